The SMILES string of the molecule is CN1CCC(Oc2cccc(NCc3ccc4c(N)nccc4c3)c2C(N)=O)CC1. The van der Waals surface area contributed by atoms with Gasteiger partial charge in [-0.3, -0.25) is 4.79 Å². The first kappa shape index (κ1) is 20.0. The molecular formula is C23H27N5O2. The molecule has 7 nitrogen and oxygen atoms in total. The highest BCUT2D eigenvalue weighted by molar-refractivity contribution is 6.01. The third-order valence-corrected chi connectivity index (χ3v) is 5.57. The van der Waals surface area contributed by atoms with Gasteiger partial charge in [0.15, 0.2) is 0 Å². The first-order valence-corrected chi connectivity index (χ1v) is 10.2. The molecule has 0 atom stereocenters. The Kier molecular flexibility index (Phi) is 5.72. The van der Waals surface area contributed by atoms with E-state index < -0.39 is 5.91 Å². The zero-order valence-electron chi connectivity index (χ0n) is 17.1. The van der Waals surface area contributed by atoms with Crippen LogP contribution in [0.2, 0.25) is 0 Å². The predicted octanol–water partition coefficient (Wildman–Crippen LogP) is 3.00. The van der Waals surface area contributed by atoms with Crippen LogP contribution in [0.5, 0.6) is 5.75 Å². The lowest BCUT2D eigenvalue weighted by molar-refractivity contribution is 0.0971. The van der Waals surface area contributed by atoms with Crippen LogP contribution in [-0.4, -0.2) is 42.0 Å². The van der Waals surface area contributed by atoms with Crippen LogP contribution in [-0.2, 0) is 6.54 Å². The molecule has 1 aliphatic rings. The van der Waals surface area contributed by atoms with E-state index in [9.17, 15) is 4.79 Å². The minimum absolute atomic E-state index is 0.0918. The monoisotopic (exact) mass is 405 g/mol. The van der Waals surface area contributed by atoms with E-state index in [1.807, 2.05) is 36.4 Å². The minimum Gasteiger partial charge on any atom is -0.489 e. The number of ether oxygens (including phenoxy) is 1. The molecule has 1 saturated heterocycles. The van der Waals surface area contributed by atoms with Crippen LogP contribution in [0.15, 0.2) is 48.7 Å². The van der Waals surface area contributed by atoms with Crippen LogP contribution in [0.4, 0.5) is 11.5 Å². The lowest BCUT2D eigenvalue weighted by atomic mass is 10.1. The number of hydrogen-bond acceptors (Lipinski definition) is 6. The molecule has 3 aromatic rings. The molecule has 0 saturated carbocycles. The summed E-state index contributed by atoms with van der Waals surface area (Å²) in [4.78, 5) is 18.6. The van der Waals surface area contributed by atoms with E-state index in [1.54, 1.807) is 6.20 Å². The van der Waals surface area contributed by atoms with E-state index in [1.165, 1.54) is 0 Å². The van der Waals surface area contributed by atoms with Gasteiger partial charge in [0.2, 0.25) is 0 Å². The summed E-state index contributed by atoms with van der Waals surface area (Å²) in [5.74, 6) is 0.555. The highest BCUT2D eigenvalue weighted by atomic mass is 16.5. The number of hydrogen-bond donors (Lipinski definition) is 3. The van der Waals surface area contributed by atoms with Gasteiger partial charge < -0.3 is 26.4 Å². The Labute approximate surface area is 176 Å². The van der Waals surface area contributed by atoms with Crippen molar-refractivity contribution in [3.63, 3.8) is 0 Å². The molecular weight excluding hydrogens is 378 g/mol. The number of nitrogens with two attached hydrogens (primary N) is 2. The molecule has 156 valence electrons. The quantitative estimate of drug-likeness (QED) is 0.582. The zero-order chi connectivity index (χ0) is 21.1. The van der Waals surface area contributed by atoms with E-state index in [2.05, 4.69) is 28.3 Å². The molecule has 1 amide bonds. The van der Waals surface area contributed by atoms with Crippen LogP contribution in [0.25, 0.3) is 10.8 Å². The lowest BCUT2D eigenvalue weighted by Crippen LogP contribution is -2.36. The number of rotatable bonds is 6. The van der Waals surface area contributed by atoms with E-state index >= 15 is 0 Å². The third-order valence-electron chi connectivity index (χ3n) is 5.57. The van der Waals surface area contributed by atoms with Gasteiger partial charge in [-0.25, -0.2) is 4.98 Å². The summed E-state index contributed by atoms with van der Waals surface area (Å²) in [6.07, 6.45) is 3.65. The van der Waals surface area contributed by atoms with Crippen LogP contribution in [0, 0.1) is 0 Å². The number of nitrogen functional groups attached to an aromatic ring is 1. The maximum atomic E-state index is 12.2. The first-order chi connectivity index (χ1) is 14.5. The molecule has 0 bridgehead atoms. The number of carbonyl (C=O) groups excluding carboxylic acids is 1. The van der Waals surface area contributed by atoms with Crippen molar-refractivity contribution in [1.29, 1.82) is 0 Å². The van der Waals surface area contributed by atoms with Gasteiger partial charge in [0.25, 0.3) is 5.91 Å². The normalized spacial score (nSPS) is 15.2. The van der Waals surface area contributed by atoms with Gasteiger partial charge in [0.1, 0.15) is 23.2 Å². The predicted molar refractivity (Wildman–Crippen MR) is 120 cm³/mol. The average Bonchev–Trinajstić information content (AvgIpc) is 2.74. The fourth-order valence-electron chi connectivity index (χ4n) is 3.87. The van der Waals surface area contributed by atoms with E-state index in [4.69, 9.17) is 16.2 Å². The number of carbonyl (C=O) groups is 1. The molecule has 1 fully saturated rings. The van der Waals surface area contributed by atoms with Gasteiger partial charge in [-0.1, -0.05) is 18.2 Å². The second-order valence-electron chi connectivity index (χ2n) is 7.77. The van der Waals surface area contributed by atoms with Crippen molar-refractivity contribution >= 4 is 28.2 Å². The second-order valence-corrected chi connectivity index (χ2v) is 7.77. The van der Waals surface area contributed by atoms with Crippen LogP contribution >= 0.6 is 0 Å². The number of amides is 1. The Morgan fingerprint density at radius 1 is 1.23 bits per heavy atom. The Bertz CT molecular complexity index is 1060. The van der Waals surface area contributed by atoms with Crippen LogP contribution < -0.4 is 21.5 Å². The van der Waals surface area contributed by atoms with Crippen molar-refractivity contribution in [3.05, 3.63) is 59.8 Å². The van der Waals surface area contributed by atoms with Crippen molar-refractivity contribution in [2.75, 3.05) is 31.2 Å². The molecule has 5 N–H and O–H groups in total. The first-order valence-electron chi connectivity index (χ1n) is 10.2. The molecule has 0 radical (unpaired) electrons. The number of nitrogens with one attached hydrogen (secondary N) is 1. The van der Waals surface area contributed by atoms with Crippen molar-refractivity contribution in [2.24, 2.45) is 5.73 Å². The standard InChI is InChI=1S/C23H27N5O2/c1-28-11-8-17(9-12-28)30-20-4-2-3-19(21(20)23(25)29)27-14-15-5-6-18-16(13-15)7-10-26-22(18)24/h2-7,10,13,17,27H,8-9,11-12,14H2,1H3,(H2,24,26)(H2,25,29). The summed E-state index contributed by atoms with van der Waals surface area (Å²) in [7, 11) is 2.10. The molecule has 2 aromatic carbocycles. The highest BCUT2D eigenvalue weighted by Crippen LogP contribution is 2.29. The fraction of sp³-hybridized carbons (Fsp3) is 0.304. The van der Waals surface area contributed by atoms with Crippen LogP contribution in [0.1, 0.15) is 28.8 Å². The summed E-state index contributed by atoms with van der Waals surface area (Å²) in [6, 6.07) is 13.5. The van der Waals surface area contributed by atoms with E-state index in [0.29, 0.717) is 29.4 Å². The molecule has 1 aromatic heterocycles. The van der Waals surface area contributed by atoms with Crippen molar-refractivity contribution in [1.82, 2.24) is 9.88 Å². The van der Waals surface area contributed by atoms with Gasteiger partial charge in [-0.05, 0) is 55.1 Å². The molecule has 0 aliphatic carbocycles. The number of aromatic nitrogens is 1. The molecule has 1 aliphatic heterocycles. The van der Waals surface area contributed by atoms with Gasteiger partial charge in [0, 0.05) is 31.2 Å². The van der Waals surface area contributed by atoms with Crippen molar-refractivity contribution in [2.45, 2.75) is 25.5 Å². The second kappa shape index (κ2) is 8.59. The van der Waals surface area contributed by atoms with Gasteiger partial charge >= 0.3 is 0 Å². The van der Waals surface area contributed by atoms with Crippen LogP contribution in [0.3, 0.4) is 0 Å². The number of likely N-dealkylation sites (tertiary alicyclic amines) is 1. The minimum atomic E-state index is -0.501. The van der Waals surface area contributed by atoms with E-state index in [-0.39, 0.29) is 6.10 Å². The maximum absolute atomic E-state index is 12.2. The lowest BCUT2D eigenvalue weighted by Gasteiger charge is -2.30. The van der Waals surface area contributed by atoms with Crippen molar-refractivity contribution in [3.8, 4) is 5.75 Å². The number of primary amides is 1. The average molecular weight is 406 g/mol. The number of anilines is 2. The summed E-state index contributed by atoms with van der Waals surface area (Å²) >= 11 is 0. The Morgan fingerprint density at radius 2 is 2.03 bits per heavy atom. The smallest absolute Gasteiger partial charge is 0.254 e. The molecule has 30 heavy (non-hydrogen) atoms. The Hall–Kier alpha value is -3.32. The summed E-state index contributed by atoms with van der Waals surface area (Å²) in [6.45, 7) is 2.50. The molecule has 0 spiro atoms. The highest BCUT2D eigenvalue weighted by Gasteiger charge is 2.22. The largest absolute Gasteiger partial charge is 0.489 e. The topological polar surface area (TPSA) is 106 Å². The molecule has 4 rings (SSSR count). The fourth-order valence-corrected chi connectivity index (χ4v) is 3.87. The molecule has 0 unspecified atom stereocenters. The molecule has 2 heterocycles. The summed E-state index contributed by atoms with van der Waals surface area (Å²) in [5, 5.41) is 5.29. The van der Waals surface area contributed by atoms with Gasteiger partial charge in [-0.2, -0.15) is 0 Å². The summed E-state index contributed by atoms with van der Waals surface area (Å²) < 4.78 is 6.17. The van der Waals surface area contributed by atoms with Gasteiger partial charge in [-0.15, -0.1) is 0 Å². The summed E-state index contributed by atoms with van der Waals surface area (Å²) in [5.41, 5.74) is 13.8. The van der Waals surface area contributed by atoms with Crippen molar-refractivity contribution < 1.29 is 9.53 Å². The zero-order valence-corrected chi connectivity index (χ0v) is 17.1. The Morgan fingerprint density at radius 3 is 2.80 bits per heavy atom. The van der Waals surface area contributed by atoms with Gasteiger partial charge in [0.05, 0.1) is 5.69 Å². The third kappa shape index (κ3) is 4.31. The number of fused-ring (bicyclic) bond motifs is 1. The van der Waals surface area contributed by atoms with E-state index in [0.717, 1.165) is 42.3 Å². The number of benzene rings is 2. The number of piperidine rings is 1. The number of nitrogens with zero attached hydrogens (tertiary/aromatic N) is 2. The molecule has 7 heteroatoms. The Balaban J connectivity index is 1.53. The maximum Gasteiger partial charge on any atom is 0.254 e. The number of pyridine rings is 1.